The SMILES string of the molecule is Cc1ccc([N+](=O)[O-])cc1S(=O)(=O)N(C)Cc1ccsc1. The second kappa shape index (κ2) is 5.92. The molecule has 0 amide bonds. The van der Waals surface area contributed by atoms with Gasteiger partial charge in [0, 0.05) is 25.7 Å². The molecule has 8 heteroatoms. The van der Waals surface area contributed by atoms with Crippen LogP contribution in [0.3, 0.4) is 0 Å². The van der Waals surface area contributed by atoms with Crippen molar-refractivity contribution >= 4 is 27.0 Å². The molecule has 0 atom stereocenters. The van der Waals surface area contributed by atoms with Gasteiger partial charge >= 0.3 is 0 Å². The van der Waals surface area contributed by atoms with Gasteiger partial charge < -0.3 is 0 Å². The first-order valence-electron chi connectivity index (χ1n) is 6.05. The van der Waals surface area contributed by atoms with Crippen LogP contribution in [-0.4, -0.2) is 24.7 Å². The fraction of sp³-hybridized carbons (Fsp3) is 0.231. The molecular weight excluding hydrogens is 312 g/mol. The molecule has 0 unspecified atom stereocenters. The van der Waals surface area contributed by atoms with Gasteiger partial charge in [0.05, 0.1) is 9.82 Å². The summed E-state index contributed by atoms with van der Waals surface area (Å²) in [6.07, 6.45) is 0. The Hall–Kier alpha value is -1.77. The second-order valence-corrected chi connectivity index (χ2v) is 7.39. The van der Waals surface area contributed by atoms with Crippen LogP contribution in [0.4, 0.5) is 5.69 Å². The number of aryl methyl sites for hydroxylation is 1. The minimum atomic E-state index is -3.77. The summed E-state index contributed by atoms with van der Waals surface area (Å²) in [7, 11) is -2.30. The number of sulfonamides is 1. The van der Waals surface area contributed by atoms with Crippen molar-refractivity contribution in [1.29, 1.82) is 0 Å². The number of thiophene rings is 1. The van der Waals surface area contributed by atoms with E-state index in [9.17, 15) is 18.5 Å². The Morgan fingerprint density at radius 3 is 2.62 bits per heavy atom. The van der Waals surface area contributed by atoms with Crippen LogP contribution in [0.25, 0.3) is 0 Å². The molecule has 2 aromatic rings. The van der Waals surface area contributed by atoms with Crippen molar-refractivity contribution in [3.63, 3.8) is 0 Å². The molecule has 0 saturated carbocycles. The lowest BCUT2D eigenvalue weighted by Gasteiger charge is -2.17. The number of benzene rings is 1. The molecule has 0 fully saturated rings. The molecule has 0 saturated heterocycles. The molecule has 6 nitrogen and oxygen atoms in total. The van der Waals surface area contributed by atoms with E-state index in [1.165, 1.54) is 34.8 Å². The van der Waals surface area contributed by atoms with Gasteiger partial charge in [0.25, 0.3) is 5.69 Å². The summed E-state index contributed by atoms with van der Waals surface area (Å²) in [5.74, 6) is 0. The third kappa shape index (κ3) is 3.29. The smallest absolute Gasteiger partial charge is 0.258 e. The van der Waals surface area contributed by atoms with E-state index in [2.05, 4.69) is 0 Å². The lowest BCUT2D eigenvalue weighted by molar-refractivity contribution is -0.385. The lowest BCUT2D eigenvalue weighted by atomic mass is 10.2. The maximum atomic E-state index is 12.6. The topological polar surface area (TPSA) is 80.5 Å². The molecule has 0 N–H and O–H groups in total. The Labute approximate surface area is 126 Å². The number of hydrogen-bond acceptors (Lipinski definition) is 5. The average molecular weight is 326 g/mol. The summed E-state index contributed by atoms with van der Waals surface area (Å²) < 4.78 is 26.3. The van der Waals surface area contributed by atoms with Gasteiger partial charge in [0.15, 0.2) is 0 Å². The van der Waals surface area contributed by atoms with Crippen molar-refractivity contribution in [2.75, 3.05) is 7.05 Å². The molecule has 0 aliphatic heterocycles. The van der Waals surface area contributed by atoms with Crippen molar-refractivity contribution in [3.8, 4) is 0 Å². The molecule has 0 spiro atoms. The van der Waals surface area contributed by atoms with E-state index in [4.69, 9.17) is 0 Å². The van der Waals surface area contributed by atoms with E-state index >= 15 is 0 Å². The zero-order chi connectivity index (χ0) is 15.6. The second-order valence-electron chi connectivity index (χ2n) is 4.60. The van der Waals surface area contributed by atoms with E-state index in [1.807, 2.05) is 16.8 Å². The summed E-state index contributed by atoms with van der Waals surface area (Å²) in [6, 6.07) is 5.70. The zero-order valence-corrected chi connectivity index (χ0v) is 13.1. The third-order valence-corrected chi connectivity index (χ3v) is 5.73. The number of nitro groups is 1. The first kappa shape index (κ1) is 15.6. The number of nitro benzene ring substituents is 1. The molecule has 2 rings (SSSR count). The van der Waals surface area contributed by atoms with Crippen molar-refractivity contribution in [2.45, 2.75) is 18.4 Å². The van der Waals surface area contributed by atoms with E-state index in [0.29, 0.717) is 5.56 Å². The highest BCUT2D eigenvalue weighted by Gasteiger charge is 2.25. The highest BCUT2D eigenvalue weighted by molar-refractivity contribution is 7.89. The van der Waals surface area contributed by atoms with Gasteiger partial charge in [-0.15, -0.1) is 0 Å². The van der Waals surface area contributed by atoms with E-state index < -0.39 is 14.9 Å². The molecule has 0 bridgehead atoms. The minimum Gasteiger partial charge on any atom is -0.258 e. The Bertz CT molecular complexity index is 754. The van der Waals surface area contributed by atoms with E-state index in [1.54, 1.807) is 6.92 Å². The van der Waals surface area contributed by atoms with Crippen molar-refractivity contribution in [2.24, 2.45) is 0 Å². The van der Waals surface area contributed by atoms with Crippen LogP contribution in [0, 0.1) is 17.0 Å². The van der Waals surface area contributed by atoms with Crippen LogP contribution >= 0.6 is 11.3 Å². The van der Waals surface area contributed by atoms with Crippen LogP contribution in [-0.2, 0) is 16.6 Å². The summed E-state index contributed by atoms with van der Waals surface area (Å²) in [6.45, 7) is 1.85. The Kier molecular flexibility index (Phi) is 4.40. The van der Waals surface area contributed by atoms with Crippen LogP contribution in [0.2, 0.25) is 0 Å². The summed E-state index contributed by atoms with van der Waals surface area (Å²) in [5.41, 5.74) is 1.13. The van der Waals surface area contributed by atoms with Gasteiger partial charge in [-0.05, 0) is 34.9 Å². The van der Waals surface area contributed by atoms with E-state index in [-0.39, 0.29) is 17.1 Å². The molecule has 1 aromatic carbocycles. The highest BCUT2D eigenvalue weighted by Crippen LogP contribution is 2.25. The molecule has 1 heterocycles. The first-order valence-corrected chi connectivity index (χ1v) is 8.43. The van der Waals surface area contributed by atoms with E-state index in [0.717, 1.165) is 11.6 Å². The highest BCUT2D eigenvalue weighted by atomic mass is 32.2. The van der Waals surface area contributed by atoms with Crippen molar-refractivity contribution in [3.05, 3.63) is 56.3 Å². The zero-order valence-electron chi connectivity index (χ0n) is 11.5. The summed E-state index contributed by atoms with van der Waals surface area (Å²) in [4.78, 5) is 10.2. The molecule has 0 aliphatic carbocycles. The summed E-state index contributed by atoms with van der Waals surface area (Å²) in [5, 5.41) is 14.6. The fourth-order valence-electron chi connectivity index (χ4n) is 1.87. The van der Waals surface area contributed by atoms with Crippen LogP contribution in [0.1, 0.15) is 11.1 Å². The Morgan fingerprint density at radius 2 is 2.05 bits per heavy atom. The number of hydrogen-bond donors (Lipinski definition) is 0. The van der Waals surface area contributed by atoms with Gasteiger partial charge in [-0.3, -0.25) is 10.1 Å². The van der Waals surface area contributed by atoms with Gasteiger partial charge in [-0.25, -0.2) is 8.42 Å². The van der Waals surface area contributed by atoms with Crippen molar-refractivity contribution < 1.29 is 13.3 Å². The minimum absolute atomic E-state index is 0.0329. The van der Waals surface area contributed by atoms with Crippen molar-refractivity contribution in [1.82, 2.24) is 4.31 Å². The fourth-order valence-corrected chi connectivity index (χ4v) is 3.93. The first-order chi connectivity index (χ1) is 9.82. The third-order valence-electron chi connectivity index (χ3n) is 3.06. The molecule has 0 aliphatic rings. The summed E-state index contributed by atoms with van der Waals surface area (Å²) >= 11 is 1.49. The average Bonchev–Trinajstić information content (AvgIpc) is 2.91. The molecule has 112 valence electrons. The number of non-ortho nitro benzene ring substituents is 1. The maximum Gasteiger partial charge on any atom is 0.270 e. The quantitative estimate of drug-likeness (QED) is 0.625. The normalized spacial score (nSPS) is 11.8. The van der Waals surface area contributed by atoms with Gasteiger partial charge in [-0.1, -0.05) is 6.07 Å². The van der Waals surface area contributed by atoms with Crippen LogP contribution in [0.15, 0.2) is 39.9 Å². The molecule has 1 aromatic heterocycles. The molecule has 21 heavy (non-hydrogen) atoms. The van der Waals surface area contributed by atoms with Gasteiger partial charge in [0.1, 0.15) is 0 Å². The predicted molar refractivity (Wildman–Crippen MR) is 80.8 cm³/mol. The number of nitrogens with zero attached hydrogens (tertiary/aromatic N) is 2. The van der Waals surface area contributed by atoms with Crippen LogP contribution < -0.4 is 0 Å². The maximum absolute atomic E-state index is 12.6. The number of rotatable bonds is 5. The largest absolute Gasteiger partial charge is 0.270 e. The standard InChI is InChI=1S/C13H14N2O4S2/c1-10-3-4-12(15(16)17)7-13(10)21(18,19)14(2)8-11-5-6-20-9-11/h3-7,9H,8H2,1-2H3. The van der Waals surface area contributed by atoms with Crippen LogP contribution in [0.5, 0.6) is 0 Å². The van der Waals surface area contributed by atoms with Gasteiger partial charge in [0.2, 0.25) is 10.0 Å². The predicted octanol–water partition coefficient (Wildman–Crippen LogP) is 2.79. The molecular formula is C13H14N2O4S2. The molecule has 0 radical (unpaired) electrons. The Morgan fingerprint density at radius 1 is 1.33 bits per heavy atom. The van der Waals surface area contributed by atoms with Gasteiger partial charge in [-0.2, -0.15) is 15.6 Å². The lowest BCUT2D eigenvalue weighted by Crippen LogP contribution is -2.27. The Balaban J connectivity index is 2.38. The monoisotopic (exact) mass is 326 g/mol.